The van der Waals surface area contributed by atoms with Crippen molar-refractivity contribution < 1.29 is 38.5 Å². The molecule has 0 bridgehead atoms. The van der Waals surface area contributed by atoms with Gasteiger partial charge in [0.15, 0.2) is 0 Å². The molecule has 11 atom stereocenters. The van der Waals surface area contributed by atoms with Crippen molar-refractivity contribution in [2.45, 2.75) is 136 Å². The Morgan fingerprint density at radius 3 is 2.04 bits per heavy atom. The molecule has 0 unspecified atom stereocenters. The van der Waals surface area contributed by atoms with Crippen molar-refractivity contribution in [3.63, 3.8) is 0 Å². The van der Waals surface area contributed by atoms with E-state index < -0.39 is 42.3 Å². The molecular formula is C42H72N4O8. The molecule has 2 rings (SSSR count). The van der Waals surface area contributed by atoms with Gasteiger partial charge >= 0.3 is 5.97 Å². The predicted octanol–water partition coefficient (Wildman–Crippen LogP) is 4.56. The van der Waals surface area contributed by atoms with Crippen molar-refractivity contribution in [1.29, 1.82) is 0 Å². The first-order valence-corrected chi connectivity index (χ1v) is 20.1. The Kier molecular flexibility index (Phi) is 20.2. The second kappa shape index (κ2) is 23.1. The van der Waals surface area contributed by atoms with E-state index in [4.69, 9.17) is 14.2 Å². The van der Waals surface area contributed by atoms with Gasteiger partial charge in [-0.15, -0.1) is 0 Å². The van der Waals surface area contributed by atoms with Gasteiger partial charge in [-0.2, -0.15) is 0 Å². The third kappa shape index (κ3) is 12.5. The fraction of sp³-hybridized carbons (Fsp3) is 0.762. The smallest absolute Gasteiger partial charge is 0.311 e. The molecule has 308 valence electrons. The van der Waals surface area contributed by atoms with E-state index in [1.54, 1.807) is 30.9 Å². The molecule has 1 aromatic rings. The van der Waals surface area contributed by atoms with Crippen LogP contribution in [0.15, 0.2) is 30.3 Å². The highest BCUT2D eigenvalue weighted by Gasteiger charge is 2.44. The summed E-state index contributed by atoms with van der Waals surface area (Å²) in [4.78, 5) is 61.1. The fourth-order valence-electron chi connectivity index (χ4n) is 7.95. The van der Waals surface area contributed by atoms with Gasteiger partial charge in [0.05, 0.1) is 49.3 Å². The highest BCUT2D eigenvalue weighted by atomic mass is 16.6. The van der Waals surface area contributed by atoms with Gasteiger partial charge in [-0.05, 0) is 57.2 Å². The fourth-order valence-corrected chi connectivity index (χ4v) is 7.95. The number of ether oxygens (including phenoxy) is 3. The summed E-state index contributed by atoms with van der Waals surface area (Å²) in [6.45, 7) is 14.1. The average molecular weight is 761 g/mol. The molecule has 3 amide bonds. The molecule has 1 aliphatic heterocycles. The zero-order valence-corrected chi connectivity index (χ0v) is 35.2. The van der Waals surface area contributed by atoms with Crippen molar-refractivity contribution in [2.24, 2.45) is 23.7 Å². The Hall–Kier alpha value is -3.06. The van der Waals surface area contributed by atoms with Gasteiger partial charge in [0.25, 0.3) is 0 Å². The van der Waals surface area contributed by atoms with E-state index in [9.17, 15) is 24.3 Å². The summed E-state index contributed by atoms with van der Waals surface area (Å²) in [5.74, 6) is -1.77. The lowest BCUT2D eigenvalue weighted by Gasteiger charge is -2.41. The maximum Gasteiger partial charge on any atom is 0.311 e. The summed E-state index contributed by atoms with van der Waals surface area (Å²) in [6.07, 6.45) is 2.10. The molecule has 1 fully saturated rings. The number of nitrogens with one attached hydrogen (secondary N) is 1. The monoisotopic (exact) mass is 761 g/mol. The molecule has 1 aliphatic rings. The van der Waals surface area contributed by atoms with E-state index in [0.717, 1.165) is 24.8 Å². The van der Waals surface area contributed by atoms with E-state index in [1.165, 1.54) is 7.11 Å². The van der Waals surface area contributed by atoms with Crippen molar-refractivity contribution in [2.75, 3.05) is 48.5 Å². The number of amides is 3. The summed E-state index contributed by atoms with van der Waals surface area (Å²) in [5.41, 5.74) is 0.948. The molecule has 0 spiro atoms. The number of hydrogen-bond donors (Lipinski definition) is 2. The Balaban J connectivity index is 2.28. The number of esters is 1. The number of likely N-dealkylation sites (tertiary alicyclic amines) is 1. The molecular weight excluding hydrogens is 688 g/mol. The van der Waals surface area contributed by atoms with Crippen LogP contribution < -0.4 is 5.32 Å². The van der Waals surface area contributed by atoms with Gasteiger partial charge in [-0.3, -0.25) is 24.1 Å². The molecule has 1 saturated heterocycles. The maximum atomic E-state index is 14.4. The zero-order chi connectivity index (χ0) is 40.7. The molecule has 12 nitrogen and oxygen atoms in total. The summed E-state index contributed by atoms with van der Waals surface area (Å²) in [7, 11) is 8.62. The van der Waals surface area contributed by atoms with E-state index in [0.29, 0.717) is 25.8 Å². The van der Waals surface area contributed by atoms with Crippen molar-refractivity contribution >= 4 is 23.7 Å². The first-order valence-electron chi connectivity index (χ1n) is 20.1. The Labute approximate surface area is 325 Å². The molecule has 0 radical (unpaired) electrons. The van der Waals surface area contributed by atoms with Gasteiger partial charge in [0.1, 0.15) is 12.1 Å². The van der Waals surface area contributed by atoms with Gasteiger partial charge in [0, 0.05) is 34.2 Å². The highest BCUT2D eigenvalue weighted by molar-refractivity contribution is 5.90. The van der Waals surface area contributed by atoms with Gasteiger partial charge in [-0.25, -0.2) is 0 Å². The van der Waals surface area contributed by atoms with Crippen LogP contribution in [0.2, 0.25) is 0 Å². The molecule has 2 N–H and O–H groups in total. The maximum absolute atomic E-state index is 14.4. The van der Waals surface area contributed by atoms with Crippen LogP contribution in [0.1, 0.15) is 92.6 Å². The van der Waals surface area contributed by atoms with Crippen LogP contribution in [0.3, 0.4) is 0 Å². The molecule has 0 aromatic heterocycles. The van der Waals surface area contributed by atoms with Crippen LogP contribution >= 0.6 is 0 Å². The van der Waals surface area contributed by atoms with Crippen LogP contribution in [-0.4, -0.2) is 134 Å². The van der Waals surface area contributed by atoms with Crippen molar-refractivity contribution in [3.05, 3.63) is 35.9 Å². The molecule has 0 saturated carbocycles. The number of carbonyl (C=O) groups excluding carboxylic acids is 4. The number of nitrogens with zero attached hydrogens (tertiary/aromatic N) is 3. The van der Waals surface area contributed by atoms with Crippen LogP contribution in [0.25, 0.3) is 0 Å². The van der Waals surface area contributed by atoms with E-state index >= 15 is 0 Å². The largest absolute Gasteiger partial charge is 0.459 e. The quantitative estimate of drug-likeness (QED) is 0.154. The number of benzene rings is 1. The number of hydrogen-bond acceptors (Lipinski definition) is 9. The first-order chi connectivity index (χ1) is 25.6. The summed E-state index contributed by atoms with van der Waals surface area (Å²) in [6, 6.07) is 7.59. The minimum Gasteiger partial charge on any atom is -0.459 e. The van der Waals surface area contributed by atoms with Crippen LogP contribution in [0.4, 0.5) is 0 Å². The Bertz CT molecular complexity index is 1300. The standard InChI is InChI=1S/C42H72N4O8/c1-13-27(4)36(43-40(49)38(44(8)9)29(6)15-3)41(50)45(10)37(28(5)14-2)34(52-11)25-35(48)46-23-19-22-33(46)39(53-12)30(7)42(51)54-32(26-47)24-31-20-17-16-18-21-31/h16-18,20-21,27-30,32-34,36-39,47H,13-15,19,22-26H2,1-12H3,(H,43,49)/t27-,28-,29-,30+,32-,33-,34+,36-,37-,38-,39+/m0/s1. The van der Waals surface area contributed by atoms with Gasteiger partial charge in [-0.1, -0.05) is 91.1 Å². The highest BCUT2D eigenvalue weighted by Crippen LogP contribution is 2.30. The first kappa shape index (κ1) is 47.1. The second-order valence-corrected chi connectivity index (χ2v) is 15.7. The summed E-state index contributed by atoms with van der Waals surface area (Å²) >= 11 is 0. The topological polar surface area (TPSA) is 138 Å². The van der Waals surface area contributed by atoms with Crippen molar-refractivity contribution in [1.82, 2.24) is 20.0 Å². The molecule has 1 heterocycles. The Morgan fingerprint density at radius 1 is 0.907 bits per heavy atom. The lowest BCUT2D eigenvalue weighted by atomic mass is 9.88. The van der Waals surface area contributed by atoms with Gasteiger partial charge in [0.2, 0.25) is 17.7 Å². The number of rotatable bonds is 23. The summed E-state index contributed by atoms with van der Waals surface area (Å²) in [5, 5.41) is 13.1. The van der Waals surface area contributed by atoms with E-state index in [-0.39, 0.29) is 60.6 Å². The second-order valence-electron chi connectivity index (χ2n) is 15.7. The normalized spacial score (nSPS) is 20.2. The minimum absolute atomic E-state index is 0.0223. The number of likely N-dealkylation sites (N-methyl/N-ethyl adjacent to an activating group) is 2. The molecule has 12 heteroatoms. The van der Waals surface area contributed by atoms with Crippen LogP contribution in [-0.2, 0) is 39.8 Å². The zero-order valence-electron chi connectivity index (χ0n) is 35.2. The molecule has 54 heavy (non-hydrogen) atoms. The lowest BCUT2D eigenvalue weighted by molar-refractivity contribution is -0.163. The van der Waals surface area contributed by atoms with Crippen molar-refractivity contribution in [3.8, 4) is 0 Å². The number of aliphatic hydroxyl groups excluding tert-OH is 1. The number of methoxy groups -OCH3 is 2. The molecule has 1 aromatic carbocycles. The summed E-state index contributed by atoms with van der Waals surface area (Å²) < 4.78 is 17.7. The van der Waals surface area contributed by atoms with Gasteiger partial charge < -0.3 is 34.4 Å². The third-order valence-electron chi connectivity index (χ3n) is 11.8. The van der Waals surface area contributed by atoms with E-state index in [1.807, 2.05) is 77.0 Å². The average Bonchev–Trinajstić information content (AvgIpc) is 3.65. The molecule has 0 aliphatic carbocycles. The minimum atomic E-state index is -0.747. The van der Waals surface area contributed by atoms with Crippen LogP contribution in [0.5, 0.6) is 0 Å². The predicted molar refractivity (Wildman–Crippen MR) is 212 cm³/mol. The lowest BCUT2D eigenvalue weighted by Crippen LogP contribution is -2.60. The SMILES string of the molecule is CC[C@H](C)[C@@H]([C@@H](CC(=O)N1CCC[C@H]1[C@H](OC)[C@@H](C)C(=O)O[C@H](CO)Cc1ccccc1)OC)N(C)C(=O)[C@@H](NC(=O)[C@H]([C@@H](C)CC)N(C)C)[C@@H](C)CC. The third-order valence-corrected chi connectivity index (χ3v) is 11.8. The Morgan fingerprint density at radius 2 is 1.52 bits per heavy atom. The number of carbonyl (C=O) groups is 4. The van der Waals surface area contributed by atoms with E-state index in [2.05, 4.69) is 19.2 Å². The van der Waals surface area contributed by atoms with Crippen LogP contribution in [0, 0.1) is 23.7 Å². The number of aliphatic hydroxyl groups is 1.